The molecule has 0 spiro atoms. The number of phenols is 1. The zero-order chi connectivity index (χ0) is 10.8. The van der Waals surface area contributed by atoms with Crippen LogP contribution in [0.25, 0.3) is 5.69 Å². The Morgan fingerprint density at radius 2 is 2.00 bits per heavy atom. The lowest BCUT2D eigenvalue weighted by atomic mass is 10.3. The van der Waals surface area contributed by atoms with Gasteiger partial charge in [-0.3, -0.25) is 0 Å². The lowest BCUT2D eigenvalue weighted by Gasteiger charge is -2.03. The maximum atomic E-state index is 9.16. The Morgan fingerprint density at radius 1 is 1.33 bits per heavy atom. The summed E-state index contributed by atoms with van der Waals surface area (Å²) in [7, 11) is 1.59. The Kier molecular flexibility index (Phi) is 2.64. The van der Waals surface area contributed by atoms with Crippen molar-refractivity contribution in [1.82, 2.24) is 9.78 Å². The number of ether oxygens (including phenoxy) is 1. The van der Waals surface area contributed by atoms with Crippen molar-refractivity contribution < 1.29 is 9.84 Å². The molecule has 78 valence electrons. The SMILES string of the molecule is COc1cnn(-c2ccc(O)cc2)c1Br. The summed E-state index contributed by atoms with van der Waals surface area (Å²) in [5.74, 6) is 0.900. The van der Waals surface area contributed by atoms with E-state index in [4.69, 9.17) is 9.84 Å². The number of benzene rings is 1. The zero-order valence-corrected chi connectivity index (χ0v) is 9.60. The lowest BCUT2D eigenvalue weighted by Crippen LogP contribution is -1.95. The normalized spacial score (nSPS) is 10.3. The first-order valence-corrected chi connectivity index (χ1v) is 5.08. The molecule has 2 aromatic rings. The fraction of sp³-hybridized carbons (Fsp3) is 0.100. The van der Waals surface area contributed by atoms with E-state index in [1.165, 1.54) is 0 Å². The second-order valence-electron chi connectivity index (χ2n) is 2.93. The summed E-state index contributed by atoms with van der Waals surface area (Å²) >= 11 is 3.38. The van der Waals surface area contributed by atoms with Crippen LogP contribution in [0.1, 0.15) is 0 Å². The van der Waals surface area contributed by atoms with Gasteiger partial charge in [0.1, 0.15) is 5.75 Å². The number of rotatable bonds is 2. The van der Waals surface area contributed by atoms with Gasteiger partial charge in [-0.1, -0.05) is 0 Å². The molecule has 0 bridgehead atoms. The van der Waals surface area contributed by atoms with Crippen LogP contribution < -0.4 is 4.74 Å². The molecule has 0 amide bonds. The highest BCUT2D eigenvalue weighted by atomic mass is 79.9. The Hall–Kier alpha value is -1.49. The Morgan fingerprint density at radius 3 is 2.53 bits per heavy atom. The van der Waals surface area contributed by atoms with Crippen molar-refractivity contribution >= 4 is 15.9 Å². The van der Waals surface area contributed by atoms with Crippen LogP contribution in [0.4, 0.5) is 0 Å². The number of aromatic hydroxyl groups is 1. The first kappa shape index (κ1) is 10.0. The van der Waals surface area contributed by atoms with Crippen molar-refractivity contribution in [1.29, 1.82) is 0 Å². The minimum atomic E-state index is 0.231. The van der Waals surface area contributed by atoms with Crippen LogP contribution >= 0.6 is 15.9 Å². The number of hydrogen-bond donors (Lipinski definition) is 1. The van der Waals surface area contributed by atoms with Gasteiger partial charge in [0.15, 0.2) is 10.4 Å². The van der Waals surface area contributed by atoms with Gasteiger partial charge in [-0.15, -0.1) is 0 Å². The van der Waals surface area contributed by atoms with E-state index >= 15 is 0 Å². The van der Waals surface area contributed by atoms with Gasteiger partial charge in [0, 0.05) is 0 Å². The zero-order valence-electron chi connectivity index (χ0n) is 8.01. The average Bonchev–Trinajstić information content (AvgIpc) is 2.61. The van der Waals surface area contributed by atoms with E-state index in [9.17, 15) is 0 Å². The molecule has 4 nitrogen and oxygen atoms in total. The Balaban J connectivity index is 2.45. The molecule has 0 saturated heterocycles. The maximum Gasteiger partial charge on any atom is 0.171 e. The molecule has 1 heterocycles. The van der Waals surface area contributed by atoms with Gasteiger partial charge < -0.3 is 9.84 Å². The van der Waals surface area contributed by atoms with Gasteiger partial charge in [-0.25, -0.2) is 4.68 Å². The molecule has 0 fully saturated rings. The number of aromatic nitrogens is 2. The highest BCUT2D eigenvalue weighted by molar-refractivity contribution is 9.10. The topological polar surface area (TPSA) is 47.3 Å². The Labute approximate surface area is 95.2 Å². The van der Waals surface area contributed by atoms with Gasteiger partial charge in [-0.2, -0.15) is 5.10 Å². The van der Waals surface area contributed by atoms with Crippen LogP contribution in [-0.4, -0.2) is 22.0 Å². The van der Waals surface area contributed by atoms with Gasteiger partial charge in [0.25, 0.3) is 0 Å². The second kappa shape index (κ2) is 3.94. The minimum absolute atomic E-state index is 0.231. The molecule has 0 atom stereocenters. The maximum absolute atomic E-state index is 9.16. The lowest BCUT2D eigenvalue weighted by molar-refractivity contribution is 0.412. The third kappa shape index (κ3) is 1.83. The van der Waals surface area contributed by atoms with E-state index < -0.39 is 0 Å². The van der Waals surface area contributed by atoms with Crippen molar-refractivity contribution in [2.45, 2.75) is 0 Å². The van der Waals surface area contributed by atoms with Gasteiger partial charge in [0.05, 0.1) is 19.0 Å². The van der Waals surface area contributed by atoms with E-state index in [1.807, 2.05) is 0 Å². The third-order valence-electron chi connectivity index (χ3n) is 1.99. The summed E-state index contributed by atoms with van der Waals surface area (Å²) in [5.41, 5.74) is 0.850. The molecule has 1 N–H and O–H groups in total. The van der Waals surface area contributed by atoms with E-state index in [-0.39, 0.29) is 5.75 Å². The second-order valence-corrected chi connectivity index (χ2v) is 3.68. The summed E-state index contributed by atoms with van der Waals surface area (Å²) in [6, 6.07) is 6.75. The quantitative estimate of drug-likeness (QED) is 0.910. The molecular weight excluding hydrogens is 260 g/mol. The van der Waals surface area contributed by atoms with Gasteiger partial charge in [-0.05, 0) is 40.2 Å². The number of phenolic OH excluding ortho intramolecular Hbond substituents is 1. The summed E-state index contributed by atoms with van der Waals surface area (Å²) in [6.07, 6.45) is 1.62. The molecule has 1 aromatic heterocycles. The average molecular weight is 269 g/mol. The fourth-order valence-corrected chi connectivity index (χ4v) is 1.79. The third-order valence-corrected chi connectivity index (χ3v) is 2.72. The Bertz CT molecular complexity index is 465. The number of halogens is 1. The van der Waals surface area contributed by atoms with Crippen LogP contribution in [0, 0.1) is 0 Å². The summed E-state index contributed by atoms with van der Waals surface area (Å²) in [6.45, 7) is 0. The van der Waals surface area contributed by atoms with Crippen molar-refractivity contribution in [3.63, 3.8) is 0 Å². The minimum Gasteiger partial charge on any atom is -0.508 e. The molecule has 1 aromatic carbocycles. The first-order chi connectivity index (χ1) is 7.22. The molecule has 0 aliphatic rings. The van der Waals surface area contributed by atoms with Crippen LogP contribution in [0.5, 0.6) is 11.5 Å². The van der Waals surface area contributed by atoms with Gasteiger partial charge >= 0.3 is 0 Å². The van der Waals surface area contributed by atoms with E-state index in [2.05, 4.69) is 21.0 Å². The number of hydrogen-bond acceptors (Lipinski definition) is 3. The molecule has 0 unspecified atom stereocenters. The molecule has 0 radical (unpaired) electrons. The predicted molar refractivity (Wildman–Crippen MR) is 59.5 cm³/mol. The van der Waals surface area contributed by atoms with Crippen molar-refractivity contribution in [3.8, 4) is 17.2 Å². The van der Waals surface area contributed by atoms with Crippen molar-refractivity contribution in [2.75, 3.05) is 7.11 Å². The van der Waals surface area contributed by atoms with Crippen LogP contribution in [0.2, 0.25) is 0 Å². The van der Waals surface area contributed by atoms with E-state index in [0.717, 1.165) is 10.3 Å². The molecule has 0 aliphatic heterocycles. The van der Waals surface area contributed by atoms with Crippen LogP contribution in [-0.2, 0) is 0 Å². The smallest absolute Gasteiger partial charge is 0.171 e. The van der Waals surface area contributed by atoms with Gasteiger partial charge in [0.2, 0.25) is 0 Å². The monoisotopic (exact) mass is 268 g/mol. The van der Waals surface area contributed by atoms with Crippen LogP contribution in [0.15, 0.2) is 35.1 Å². The molecule has 0 aliphatic carbocycles. The summed E-state index contributed by atoms with van der Waals surface area (Å²) in [4.78, 5) is 0. The largest absolute Gasteiger partial charge is 0.508 e. The molecular formula is C10H9BrN2O2. The summed E-state index contributed by atoms with van der Waals surface area (Å²) in [5, 5.41) is 13.3. The highest BCUT2D eigenvalue weighted by Gasteiger charge is 2.09. The molecule has 0 saturated carbocycles. The first-order valence-electron chi connectivity index (χ1n) is 4.29. The molecule has 2 rings (SSSR count). The number of methoxy groups -OCH3 is 1. The van der Waals surface area contributed by atoms with Crippen molar-refractivity contribution in [2.24, 2.45) is 0 Å². The predicted octanol–water partition coefficient (Wildman–Crippen LogP) is 2.35. The summed E-state index contributed by atoms with van der Waals surface area (Å²) < 4.78 is 7.52. The highest BCUT2D eigenvalue weighted by Crippen LogP contribution is 2.27. The number of nitrogens with zero attached hydrogens (tertiary/aromatic N) is 2. The fourth-order valence-electron chi connectivity index (χ4n) is 1.23. The van der Waals surface area contributed by atoms with Crippen molar-refractivity contribution in [3.05, 3.63) is 35.1 Å². The molecule has 5 heteroatoms. The van der Waals surface area contributed by atoms with E-state index in [0.29, 0.717) is 5.75 Å². The standard InChI is InChI=1S/C10H9BrN2O2/c1-15-9-6-12-13(10(9)11)7-2-4-8(14)5-3-7/h2-6,14H,1H3. The molecule has 15 heavy (non-hydrogen) atoms. The van der Waals surface area contributed by atoms with E-state index in [1.54, 1.807) is 42.3 Å². The van der Waals surface area contributed by atoms with Crippen LogP contribution in [0.3, 0.4) is 0 Å².